The van der Waals surface area contributed by atoms with Crippen molar-refractivity contribution in [3.8, 4) is 22.9 Å². The standard InChI is InChI=1S/C29H16F6N2O2.C2H6/c30-28(31,32)27(29(33,34)35,19-11-13-23-21(15-19)36-25(38-23)17-7-3-1-4-8-17)20-12-14-24-22(16-20)37-26(39-24)18-9-5-2-6-10-18;1-2/h1-16H;1-2H3. The van der Waals surface area contributed by atoms with Gasteiger partial charge in [0.1, 0.15) is 11.0 Å². The number of rotatable bonds is 4. The van der Waals surface area contributed by atoms with Crippen LogP contribution in [0.4, 0.5) is 26.3 Å². The van der Waals surface area contributed by atoms with Crippen LogP contribution in [-0.4, -0.2) is 22.3 Å². The fourth-order valence-electron chi connectivity index (χ4n) is 4.71. The number of nitrogens with zero attached hydrogens (tertiary/aromatic N) is 2. The van der Waals surface area contributed by atoms with E-state index in [-0.39, 0.29) is 34.0 Å². The van der Waals surface area contributed by atoms with E-state index >= 15 is 0 Å². The number of halogens is 6. The molecule has 2 heterocycles. The molecule has 4 aromatic carbocycles. The van der Waals surface area contributed by atoms with Gasteiger partial charge in [-0.3, -0.25) is 0 Å². The highest BCUT2D eigenvalue weighted by atomic mass is 19.4. The van der Waals surface area contributed by atoms with Crippen molar-refractivity contribution in [2.45, 2.75) is 31.6 Å². The van der Waals surface area contributed by atoms with Crippen LogP contribution in [0, 0.1) is 0 Å². The number of hydrogen-bond acceptors (Lipinski definition) is 4. The molecule has 0 N–H and O–H groups in total. The molecule has 0 amide bonds. The first-order chi connectivity index (χ1) is 19.6. The third-order valence-corrected chi connectivity index (χ3v) is 6.53. The zero-order valence-electron chi connectivity index (χ0n) is 21.7. The molecule has 0 unspecified atom stereocenters. The van der Waals surface area contributed by atoms with Crippen LogP contribution in [-0.2, 0) is 5.41 Å². The van der Waals surface area contributed by atoms with E-state index in [0.29, 0.717) is 11.1 Å². The third kappa shape index (κ3) is 4.73. The van der Waals surface area contributed by atoms with E-state index in [1.165, 1.54) is 0 Å². The van der Waals surface area contributed by atoms with Crippen molar-refractivity contribution in [1.29, 1.82) is 0 Å². The van der Waals surface area contributed by atoms with E-state index in [1.54, 1.807) is 60.7 Å². The van der Waals surface area contributed by atoms with Gasteiger partial charge in [-0.25, -0.2) is 9.97 Å². The molecule has 6 rings (SSSR count). The number of aromatic nitrogens is 2. The van der Waals surface area contributed by atoms with Crippen molar-refractivity contribution in [2.24, 2.45) is 0 Å². The predicted molar refractivity (Wildman–Crippen MR) is 143 cm³/mol. The van der Waals surface area contributed by atoms with Gasteiger partial charge in [0.25, 0.3) is 0 Å². The Kier molecular flexibility index (Phi) is 7.10. The van der Waals surface area contributed by atoms with E-state index in [2.05, 4.69) is 9.97 Å². The molecule has 0 aliphatic heterocycles. The normalized spacial score (nSPS) is 12.4. The molecule has 0 radical (unpaired) electrons. The van der Waals surface area contributed by atoms with Crippen molar-refractivity contribution >= 4 is 22.2 Å². The van der Waals surface area contributed by atoms with Gasteiger partial charge in [-0.1, -0.05) is 62.4 Å². The molecule has 0 atom stereocenters. The second-order valence-corrected chi connectivity index (χ2v) is 8.88. The monoisotopic (exact) mass is 568 g/mol. The van der Waals surface area contributed by atoms with Gasteiger partial charge in [0.05, 0.1) is 0 Å². The second-order valence-electron chi connectivity index (χ2n) is 8.88. The molecule has 10 heteroatoms. The number of alkyl halides is 6. The highest BCUT2D eigenvalue weighted by Gasteiger charge is 2.72. The minimum absolute atomic E-state index is 0.0512. The second kappa shape index (κ2) is 10.4. The van der Waals surface area contributed by atoms with E-state index in [9.17, 15) is 26.3 Å². The maximum absolute atomic E-state index is 14.8. The van der Waals surface area contributed by atoms with E-state index in [1.807, 2.05) is 13.8 Å². The van der Waals surface area contributed by atoms with Crippen LogP contribution in [0.2, 0.25) is 0 Å². The van der Waals surface area contributed by atoms with Gasteiger partial charge in [-0.15, -0.1) is 0 Å². The Morgan fingerprint density at radius 2 is 0.878 bits per heavy atom. The van der Waals surface area contributed by atoms with E-state index in [0.717, 1.165) is 36.4 Å². The number of hydrogen-bond donors (Lipinski definition) is 0. The van der Waals surface area contributed by atoms with Crippen molar-refractivity contribution in [1.82, 2.24) is 9.97 Å². The first-order valence-corrected chi connectivity index (χ1v) is 12.6. The molecule has 6 aromatic rings. The van der Waals surface area contributed by atoms with Gasteiger partial charge in [0.15, 0.2) is 11.2 Å². The Bertz CT molecular complexity index is 1660. The molecule has 0 aliphatic carbocycles. The summed E-state index contributed by atoms with van der Waals surface area (Å²) in [5.41, 5.74) is -5.59. The Morgan fingerprint density at radius 1 is 0.512 bits per heavy atom. The summed E-state index contributed by atoms with van der Waals surface area (Å²) in [5.74, 6) is 0.148. The molecule has 0 saturated carbocycles. The fourth-order valence-corrected chi connectivity index (χ4v) is 4.71. The maximum Gasteiger partial charge on any atom is 0.411 e. The lowest BCUT2D eigenvalue weighted by Crippen LogP contribution is -2.54. The number of benzene rings is 4. The molecular formula is C31H22F6N2O2. The van der Waals surface area contributed by atoms with Crippen LogP contribution >= 0.6 is 0 Å². The summed E-state index contributed by atoms with van der Waals surface area (Å²) in [6, 6.07) is 22.2. The molecule has 0 spiro atoms. The summed E-state index contributed by atoms with van der Waals surface area (Å²) in [6.45, 7) is 4.00. The zero-order chi connectivity index (χ0) is 29.4. The molecule has 0 bridgehead atoms. The van der Waals surface area contributed by atoms with Crippen LogP contribution in [0.3, 0.4) is 0 Å². The lowest BCUT2D eigenvalue weighted by molar-refractivity contribution is -0.288. The fraction of sp³-hybridized carbons (Fsp3) is 0.161. The smallest absolute Gasteiger partial charge is 0.411 e. The lowest BCUT2D eigenvalue weighted by Gasteiger charge is -2.38. The minimum Gasteiger partial charge on any atom is -0.436 e. The zero-order valence-corrected chi connectivity index (χ0v) is 21.7. The summed E-state index contributed by atoms with van der Waals surface area (Å²) >= 11 is 0. The molecule has 0 aliphatic rings. The molecular weight excluding hydrogens is 546 g/mol. The van der Waals surface area contributed by atoms with Crippen molar-refractivity contribution in [3.63, 3.8) is 0 Å². The topological polar surface area (TPSA) is 52.1 Å². The lowest BCUT2D eigenvalue weighted by atomic mass is 9.72. The van der Waals surface area contributed by atoms with Gasteiger partial charge >= 0.3 is 12.4 Å². The summed E-state index contributed by atoms with van der Waals surface area (Å²) in [7, 11) is 0. The Hall–Kier alpha value is -4.60. The SMILES string of the molecule is CC.FC(F)(F)C(c1ccc2oc(-c3ccccc3)nc2c1)(c1ccc2oc(-c3ccccc3)nc2c1)C(F)(F)F. The molecule has 2 aromatic heterocycles. The summed E-state index contributed by atoms with van der Waals surface area (Å²) in [6.07, 6.45) is -11.5. The summed E-state index contributed by atoms with van der Waals surface area (Å²) in [4.78, 5) is 8.35. The van der Waals surface area contributed by atoms with Gasteiger partial charge in [0, 0.05) is 11.1 Å². The van der Waals surface area contributed by atoms with E-state index in [4.69, 9.17) is 8.83 Å². The van der Waals surface area contributed by atoms with Crippen molar-refractivity contribution in [2.75, 3.05) is 0 Å². The van der Waals surface area contributed by atoms with Crippen LogP contribution in [0.25, 0.3) is 45.1 Å². The summed E-state index contributed by atoms with van der Waals surface area (Å²) < 4.78 is 99.9. The predicted octanol–water partition coefficient (Wildman–Crippen LogP) is 9.74. The first kappa shape index (κ1) is 27.9. The van der Waals surface area contributed by atoms with Crippen LogP contribution < -0.4 is 0 Å². The maximum atomic E-state index is 14.8. The highest BCUT2D eigenvalue weighted by molar-refractivity contribution is 5.80. The van der Waals surface area contributed by atoms with Gasteiger partial charge in [-0.2, -0.15) is 26.3 Å². The van der Waals surface area contributed by atoms with Gasteiger partial charge < -0.3 is 8.83 Å². The van der Waals surface area contributed by atoms with Gasteiger partial charge in [0.2, 0.25) is 17.2 Å². The van der Waals surface area contributed by atoms with Crippen molar-refractivity contribution in [3.05, 3.63) is 108 Å². The quantitative estimate of drug-likeness (QED) is 0.199. The average Bonchev–Trinajstić information content (AvgIpc) is 3.58. The molecule has 210 valence electrons. The summed E-state index contributed by atoms with van der Waals surface area (Å²) in [5, 5.41) is 0. The van der Waals surface area contributed by atoms with Crippen molar-refractivity contribution < 1.29 is 35.2 Å². The minimum atomic E-state index is -5.77. The van der Waals surface area contributed by atoms with E-state index < -0.39 is 28.9 Å². The number of oxazole rings is 2. The molecule has 4 nitrogen and oxygen atoms in total. The van der Waals surface area contributed by atoms with Crippen LogP contribution in [0.5, 0.6) is 0 Å². The number of fused-ring (bicyclic) bond motifs is 2. The Balaban J connectivity index is 0.00000165. The third-order valence-electron chi connectivity index (χ3n) is 6.53. The highest BCUT2D eigenvalue weighted by Crippen LogP contribution is 2.56. The molecule has 0 saturated heterocycles. The van der Waals surface area contributed by atoms with Crippen LogP contribution in [0.15, 0.2) is 106 Å². The average molecular weight is 569 g/mol. The molecule has 41 heavy (non-hydrogen) atoms. The largest absolute Gasteiger partial charge is 0.436 e. The molecule has 0 fully saturated rings. The first-order valence-electron chi connectivity index (χ1n) is 12.6. The Morgan fingerprint density at radius 3 is 1.22 bits per heavy atom. The van der Waals surface area contributed by atoms with Gasteiger partial charge in [-0.05, 0) is 59.7 Å². The Labute approximate surface area is 230 Å². The van der Waals surface area contributed by atoms with Crippen LogP contribution in [0.1, 0.15) is 25.0 Å².